The number of para-hydroxylation sites is 2. The van der Waals surface area contributed by atoms with Crippen LogP contribution in [0.25, 0.3) is 0 Å². The van der Waals surface area contributed by atoms with Gasteiger partial charge in [-0.3, -0.25) is 9.59 Å². The Morgan fingerprint density at radius 3 is 2.26 bits per heavy atom. The Morgan fingerprint density at radius 1 is 0.957 bits per heavy atom. The second kappa shape index (κ2) is 7.42. The first-order valence-electron chi connectivity index (χ1n) is 7.36. The number of hydrogen-bond acceptors (Lipinski definition) is 2. The molecule has 0 fully saturated rings. The minimum atomic E-state index is -0.699. The molecule has 0 radical (unpaired) electrons. The monoisotopic (exact) mass is 374 g/mol. The van der Waals surface area contributed by atoms with Crippen LogP contribution in [0.15, 0.2) is 46.9 Å². The molecule has 0 bridgehead atoms. The van der Waals surface area contributed by atoms with Gasteiger partial charge in [0, 0.05) is 10.2 Å². The maximum atomic E-state index is 12.2. The Balaban J connectivity index is 2.17. The second-order valence-corrected chi connectivity index (χ2v) is 6.44. The molecule has 2 aromatic carbocycles. The van der Waals surface area contributed by atoms with Crippen molar-refractivity contribution in [1.82, 2.24) is 0 Å². The molecule has 5 heteroatoms. The number of rotatable bonds is 3. The van der Waals surface area contributed by atoms with E-state index in [1.54, 1.807) is 18.2 Å². The van der Waals surface area contributed by atoms with Crippen LogP contribution in [0, 0.1) is 6.92 Å². The van der Waals surface area contributed by atoms with Gasteiger partial charge < -0.3 is 10.6 Å². The van der Waals surface area contributed by atoms with Gasteiger partial charge in [-0.15, -0.1) is 0 Å². The molecule has 23 heavy (non-hydrogen) atoms. The topological polar surface area (TPSA) is 58.2 Å². The normalized spacial score (nSPS) is 10.5. The highest BCUT2D eigenvalue weighted by Crippen LogP contribution is 2.27. The number of hydrogen-bond donors (Lipinski definition) is 2. The molecule has 0 aliphatic rings. The van der Waals surface area contributed by atoms with Crippen LogP contribution in [0.2, 0.25) is 0 Å². The molecule has 0 unspecified atom stereocenters. The Morgan fingerprint density at radius 2 is 1.61 bits per heavy atom. The second-order valence-electron chi connectivity index (χ2n) is 5.58. The van der Waals surface area contributed by atoms with Crippen LogP contribution in [0.3, 0.4) is 0 Å². The van der Waals surface area contributed by atoms with Crippen molar-refractivity contribution in [2.75, 3.05) is 10.6 Å². The Labute approximate surface area is 144 Å². The smallest absolute Gasteiger partial charge is 0.314 e. The molecule has 0 heterocycles. The van der Waals surface area contributed by atoms with Gasteiger partial charge in [0.1, 0.15) is 0 Å². The van der Waals surface area contributed by atoms with Crippen molar-refractivity contribution in [3.8, 4) is 0 Å². The maximum Gasteiger partial charge on any atom is 0.314 e. The Bertz CT molecular complexity index is 742. The molecular weight excluding hydrogens is 356 g/mol. The summed E-state index contributed by atoms with van der Waals surface area (Å²) in [6.07, 6.45) is 0. The summed E-state index contributed by atoms with van der Waals surface area (Å²) in [5, 5.41) is 5.33. The van der Waals surface area contributed by atoms with Gasteiger partial charge in [0.2, 0.25) is 0 Å². The van der Waals surface area contributed by atoms with Gasteiger partial charge in [0.15, 0.2) is 0 Å². The van der Waals surface area contributed by atoms with E-state index in [0.717, 1.165) is 15.6 Å². The number of aryl methyl sites for hydroxylation is 1. The number of carbonyl (C=O) groups excluding carboxylic acids is 2. The third-order valence-corrected chi connectivity index (χ3v) is 4.19. The lowest BCUT2D eigenvalue weighted by molar-refractivity contribution is -0.133. The largest absolute Gasteiger partial charge is 0.317 e. The van der Waals surface area contributed by atoms with E-state index >= 15 is 0 Å². The van der Waals surface area contributed by atoms with Crippen LogP contribution in [0.4, 0.5) is 11.4 Å². The summed E-state index contributed by atoms with van der Waals surface area (Å²) in [4.78, 5) is 24.3. The summed E-state index contributed by atoms with van der Waals surface area (Å²) in [6, 6.07) is 13.0. The summed E-state index contributed by atoms with van der Waals surface area (Å²) in [7, 11) is 0. The van der Waals surface area contributed by atoms with Crippen molar-refractivity contribution in [2.45, 2.75) is 26.7 Å². The predicted octanol–water partition coefficient (Wildman–Crippen LogP) is 4.46. The van der Waals surface area contributed by atoms with E-state index in [0.29, 0.717) is 11.4 Å². The molecule has 4 nitrogen and oxygen atoms in total. The molecule has 2 rings (SSSR count). The highest BCUT2D eigenvalue weighted by molar-refractivity contribution is 9.10. The number of nitrogens with one attached hydrogen (secondary N) is 2. The first kappa shape index (κ1) is 17.2. The molecule has 2 amide bonds. The molecule has 0 aromatic heterocycles. The summed E-state index contributed by atoms with van der Waals surface area (Å²) >= 11 is 3.34. The van der Waals surface area contributed by atoms with E-state index in [1.807, 2.05) is 45.0 Å². The lowest BCUT2D eigenvalue weighted by Crippen LogP contribution is -2.30. The van der Waals surface area contributed by atoms with Gasteiger partial charge in [-0.1, -0.05) is 44.2 Å². The fourth-order valence-corrected chi connectivity index (χ4v) is 2.64. The zero-order valence-corrected chi connectivity index (χ0v) is 14.9. The molecule has 2 N–H and O–H groups in total. The summed E-state index contributed by atoms with van der Waals surface area (Å²) in [5.74, 6) is -1.14. The van der Waals surface area contributed by atoms with Crippen LogP contribution in [-0.2, 0) is 9.59 Å². The maximum absolute atomic E-state index is 12.2. The third-order valence-electron chi connectivity index (χ3n) is 3.49. The number of carbonyl (C=O) groups is 2. The number of anilines is 2. The standard InChI is InChI=1S/C18H19BrN2O2/c1-11(2)13-8-6-7-12(3)16(13)21-18(23)17(22)20-15-10-5-4-9-14(15)19/h4-11H,1-3H3,(H,20,22)(H,21,23). The SMILES string of the molecule is Cc1cccc(C(C)C)c1NC(=O)C(=O)Nc1ccccc1Br. The van der Waals surface area contributed by atoms with E-state index in [-0.39, 0.29) is 5.92 Å². The molecule has 120 valence electrons. The fraction of sp³-hybridized carbons (Fsp3) is 0.222. The van der Waals surface area contributed by atoms with Crippen LogP contribution in [-0.4, -0.2) is 11.8 Å². The average molecular weight is 375 g/mol. The lowest BCUT2D eigenvalue weighted by Gasteiger charge is -2.16. The molecule has 0 aliphatic heterocycles. The predicted molar refractivity (Wildman–Crippen MR) is 96.7 cm³/mol. The van der Waals surface area contributed by atoms with Crippen molar-refractivity contribution in [3.63, 3.8) is 0 Å². The van der Waals surface area contributed by atoms with E-state index in [4.69, 9.17) is 0 Å². The molecule has 0 aliphatic carbocycles. The van der Waals surface area contributed by atoms with Crippen LogP contribution >= 0.6 is 15.9 Å². The van der Waals surface area contributed by atoms with Crippen molar-refractivity contribution in [3.05, 3.63) is 58.1 Å². The van der Waals surface area contributed by atoms with Gasteiger partial charge in [-0.05, 0) is 52.0 Å². The van der Waals surface area contributed by atoms with Gasteiger partial charge in [-0.2, -0.15) is 0 Å². The van der Waals surface area contributed by atoms with Gasteiger partial charge >= 0.3 is 11.8 Å². The van der Waals surface area contributed by atoms with Crippen LogP contribution in [0.5, 0.6) is 0 Å². The van der Waals surface area contributed by atoms with Crippen molar-refractivity contribution in [2.24, 2.45) is 0 Å². The molecule has 0 atom stereocenters. The average Bonchev–Trinajstić information content (AvgIpc) is 2.51. The molecule has 0 spiro atoms. The van der Waals surface area contributed by atoms with Gasteiger partial charge in [-0.25, -0.2) is 0 Å². The summed E-state index contributed by atoms with van der Waals surface area (Å²) in [6.45, 7) is 6.00. The van der Waals surface area contributed by atoms with Crippen molar-refractivity contribution >= 4 is 39.1 Å². The van der Waals surface area contributed by atoms with Crippen LogP contribution < -0.4 is 10.6 Å². The highest BCUT2D eigenvalue weighted by atomic mass is 79.9. The summed E-state index contributed by atoms with van der Waals surface area (Å²) < 4.78 is 0.722. The minimum absolute atomic E-state index is 0.247. The van der Waals surface area contributed by atoms with Crippen molar-refractivity contribution < 1.29 is 9.59 Å². The van der Waals surface area contributed by atoms with E-state index in [9.17, 15) is 9.59 Å². The zero-order chi connectivity index (χ0) is 17.0. The molecule has 0 saturated heterocycles. The first-order valence-corrected chi connectivity index (χ1v) is 8.15. The molecular formula is C18H19BrN2O2. The van der Waals surface area contributed by atoms with E-state index in [2.05, 4.69) is 26.6 Å². The van der Waals surface area contributed by atoms with Crippen LogP contribution in [0.1, 0.15) is 30.9 Å². The summed E-state index contributed by atoms with van der Waals surface area (Å²) in [5.41, 5.74) is 3.20. The first-order chi connectivity index (χ1) is 10.9. The lowest BCUT2D eigenvalue weighted by atomic mass is 9.98. The molecule has 2 aromatic rings. The Hall–Kier alpha value is -2.14. The number of benzene rings is 2. The fourth-order valence-electron chi connectivity index (χ4n) is 2.25. The van der Waals surface area contributed by atoms with Gasteiger partial charge in [0.25, 0.3) is 0 Å². The van der Waals surface area contributed by atoms with E-state index in [1.165, 1.54) is 0 Å². The van der Waals surface area contributed by atoms with E-state index < -0.39 is 11.8 Å². The number of halogens is 1. The Kier molecular flexibility index (Phi) is 5.55. The highest BCUT2D eigenvalue weighted by Gasteiger charge is 2.18. The molecule has 0 saturated carbocycles. The minimum Gasteiger partial charge on any atom is -0.317 e. The third kappa shape index (κ3) is 4.20. The van der Waals surface area contributed by atoms with Gasteiger partial charge in [0.05, 0.1) is 5.69 Å². The zero-order valence-electron chi connectivity index (χ0n) is 13.3. The number of amides is 2. The quantitative estimate of drug-likeness (QED) is 0.779. The van der Waals surface area contributed by atoms with Crippen molar-refractivity contribution in [1.29, 1.82) is 0 Å².